The van der Waals surface area contributed by atoms with Crippen LogP contribution in [0.25, 0.3) is 11.3 Å². The minimum absolute atomic E-state index is 0.0829. The summed E-state index contributed by atoms with van der Waals surface area (Å²) < 4.78 is 30.5. The van der Waals surface area contributed by atoms with Gasteiger partial charge < -0.3 is 9.32 Å². The van der Waals surface area contributed by atoms with Crippen molar-refractivity contribution in [2.24, 2.45) is 0 Å². The van der Waals surface area contributed by atoms with Gasteiger partial charge in [-0.3, -0.25) is 4.79 Å². The Balaban J connectivity index is 1.77. The first-order valence-corrected chi connectivity index (χ1v) is 10.1. The highest BCUT2D eigenvalue weighted by atomic mass is 32.2. The lowest BCUT2D eigenvalue weighted by Crippen LogP contribution is -2.36. The standard InChI is InChI=1S/C18H22N2O4S/c1-14-7-8-17(24-14)15-5-3-6-16(13-15)18(21)19-9-4-10-20(12-11-19)25(2,22)23/h3,5-8,13H,4,9-12H2,1-2H3. The highest BCUT2D eigenvalue weighted by Crippen LogP contribution is 2.23. The third-order valence-electron chi connectivity index (χ3n) is 4.35. The van der Waals surface area contributed by atoms with Crippen LogP contribution >= 0.6 is 0 Å². The molecule has 0 radical (unpaired) electrons. The van der Waals surface area contributed by atoms with E-state index in [-0.39, 0.29) is 5.91 Å². The molecule has 0 atom stereocenters. The molecule has 1 aliphatic rings. The van der Waals surface area contributed by atoms with Gasteiger partial charge >= 0.3 is 0 Å². The number of benzene rings is 1. The summed E-state index contributed by atoms with van der Waals surface area (Å²) >= 11 is 0. The number of furan rings is 1. The number of rotatable bonds is 3. The summed E-state index contributed by atoms with van der Waals surface area (Å²) in [7, 11) is -3.22. The van der Waals surface area contributed by atoms with Gasteiger partial charge in [-0.05, 0) is 37.6 Å². The number of nitrogens with zero attached hydrogens (tertiary/aromatic N) is 2. The van der Waals surface area contributed by atoms with E-state index in [1.54, 1.807) is 11.0 Å². The molecule has 1 saturated heterocycles. The normalized spacial score (nSPS) is 16.6. The minimum atomic E-state index is -3.22. The molecule has 25 heavy (non-hydrogen) atoms. The zero-order valence-corrected chi connectivity index (χ0v) is 15.3. The number of sulfonamides is 1. The zero-order chi connectivity index (χ0) is 18.0. The fraction of sp³-hybridized carbons (Fsp3) is 0.389. The van der Waals surface area contributed by atoms with Gasteiger partial charge in [0.25, 0.3) is 5.91 Å². The fourth-order valence-electron chi connectivity index (χ4n) is 3.01. The lowest BCUT2D eigenvalue weighted by molar-refractivity contribution is 0.0764. The topological polar surface area (TPSA) is 70.8 Å². The molecule has 6 nitrogen and oxygen atoms in total. The van der Waals surface area contributed by atoms with E-state index in [0.29, 0.717) is 38.2 Å². The van der Waals surface area contributed by atoms with Gasteiger partial charge in [0.05, 0.1) is 6.26 Å². The van der Waals surface area contributed by atoms with Gasteiger partial charge in [0.15, 0.2) is 0 Å². The quantitative estimate of drug-likeness (QED) is 0.840. The first-order valence-electron chi connectivity index (χ1n) is 8.26. The highest BCUT2D eigenvalue weighted by molar-refractivity contribution is 7.88. The third-order valence-corrected chi connectivity index (χ3v) is 5.65. The number of hydrogen-bond donors (Lipinski definition) is 0. The summed E-state index contributed by atoms with van der Waals surface area (Å²) in [5.41, 5.74) is 1.44. The van der Waals surface area contributed by atoms with Gasteiger partial charge in [0.1, 0.15) is 11.5 Å². The second-order valence-electron chi connectivity index (χ2n) is 6.30. The molecule has 1 amide bonds. The molecule has 7 heteroatoms. The monoisotopic (exact) mass is 362 g/mol. The molecule has 1 fully saturated rings. The van der Waals surface area contributed by atoms with E-state index in [9.17, 15) is 13.2 Å². The van der Waals surface area contributed by atoms with Crippen LogP contribution in [0, 0.1) is 6.92 Å². The van der Waals surface area contributed by atoms with Gasteiger partial charge in [0, 0.05) is 37.3 Å². The molecule has 1 aromatic carbocycles. The van der Waals surface area contributed by atoms with Crippen molar-refractivity contribution in [3.05, 3.63) is 47.7 Å². The molecular formula is C18H22N2O4S. The molecule has 0 spiro atoms. The summed E-state index contributed by atoms with van der Waals surface area (Å²) in [6.45, 7) is 3.62. The Morgan fingerprint density at radius 1 is 1.08 bits per heavy atom. The second-order valence-corrected chi connectivity index (χ2v) is 8.28. The molecule has 0 bridgehead atoms. The maximum atomic E-state index is 12.8. The SMILES string of the molecule is Cc1ccc(-c2cccc(C(=O)N3CCCN(S(C)(=O)=O)CC3)c2)o1. The Labute approximate surface area is 148 Å². The number of amides is 1. The Morgan fingerprint density at radius 3 is 2.56 bits per heavy atom. The molecule has 134 valence electrons. The van der Waals surface area contributed by atoms with Crippen LogP contribution in [-0.4, -0.2) is 56.0 Å². The predicted molar refractivity (Wildman–Crippen MR) is 95.8 cm³/mol. The summed E-state index contributed by atoms with van der Waals surface area (Å²) in [4.78, 5) is 14.5. The van der Waals surface area contributed by atoms with Crippen LogP contribution in [0.3, 0.4) is 0 Å². The second kappa shape index (κ2) is 7.01. The molecule has 3 rings (SSSR count). The van der Waals surface area contributed by atoms with Crippen LogP contribution in [-0.2, 0) is 10.0 Å². The first-order chi connectivity index (χ1) is 11.8. The van der Waals surface area contributed by atoms with E-state index in [1.807, 2.05) is 37.3 Å². The minimum Gasteiger partial charge on any atom is -0.461 e. The molecule has 0 saturated carbocycles. The van der Waals surface area contributed by atoms with Crippen LogP contribution in [0.1, 0.15) is 22.5 Å². The van der Waals surface area contributed by atoms with Crippen molar-refractivity contribution in [1.82, 2.24) is 9.21 Å². The van der Waals surface area contributed by atoms with Gasteiger partial charge in [-0.2, -0.15) is 0 Å². The van der Waals surface area contributed by atoms with Crippen molar-refractivity contribution in [3.8, 4) is 11.3 Å². The maximum absolute atomic E-state index is 12.8. The maximum Gasteiger partial charge on any atom is 0.253 e. The van der Waals surface area contributed by atoms with E-state index >= 15 is 0 Å². The van der Waals surface area contributed by atoms with Crippen molar-refractivity contribution in [2.75, 3.05) is 32.4 Å². The van der Waals surface area contributed by atoms with E-state index in [2.05, 4.69) is 0 Å². The molecule has 2 heterocycles. The van der Waals surface area contributed by atoms with Crippen LogP contribution < -0.4 is 0 Å². The van der Waals surface area contributed by atoms with Crippen molar-refractivity contribution < 1.29 is 17.6 Å². The molecule has 1 aliphatic heterocycles. The lowest BCUT2D eigenvalue weighted by Gasteiger charge is -2.21. The average molecular weight is 362 g/mol. The Morgan fingerprint density at radius 2 is 1.88 bits per heavy atom. The van der Waals surface area contributed by atoms with Crippen LogP contribution in [0.4, 0.5) is 0 Å². The number of carbonyl (C=O) groups is 1. The fourth-order valence-corrected chi connectivity index (χ4v) is 3.88. The van der Waals surface area contributed by atoms with Crippen LogP contribution in [0.5, 0.6) is 0 Å². The van der Waals surface area contributed by atoms with Crippen LogP contribution in [0.2, 0.25) is 0 Å². The molecule has 1 aromatic heterocycles. The van der Waals surface area contributed by atoms with E-state index in [1.165, 1.54) is 10.6 Å². The molecular weight excluding hydrogens is 340 g/mol. The summed E-state index contributed by atoms with van der Waals surface area (Å²) in [6, 6.07) is 11.1. The van der Waals surface area contributed by atoms with E-state index in [0.717, 1.165) is 17.1 Å². The lowest BCUT2D eigenvalue weighted by atomic mass is 10.1. The van der Waals surface area contributed by atoms with Crippen molar-refractivity contribution in [2.45, 2.75) is 13.3 Å². The molecule has 0 unspecified atom stereocenters. The van der Waals surface area contributed by atoms with E-state index < -0.39 is 10.0 Å². The number of aryl methyl sites for hydroxylation is 1. The van der Waals surface area contributed by atoms with Crippen molar-refractivity contribution in [3.63, 3.8) is 0 Å². The Bertz CT molecular complexity index is 873. The predicted octanol–water partition coefficient (Wildman–Crippen LogP) is 2.36. The Kier molecular flexibility index (Phi) is 4.96. The smallest absolute Gasteiger partial charge is 0.253 e. The molecule has 0 aliphatic carbocycles. The van der Waals surface area contributed by atoms with Crippen molar-refractivity contribution in [1.29, 1.82) is 0 Å². The summed E-state index contributed by atoms with van der Waals surface area (Å²) in [6.07, 6.45) is 1.84. The molecule has 0 N–H and O–H groups in total. The average Bonchev–Trinajstić information content (AvgIpc) is 2.85. The first kappa shape index (κ1) is 17.7. The van der Waals surface area contributed by atoms with Crippen molar-refractivity contribution >= 4 is 15.9 Å². The number of carbonyl (C=O) groups excluding carboxylic acids is 1. The molecule has 2 aromatic rings. The van der Waals surface area contributed by atoms with Gasteiger partial charge in [-0.15, -0.1) is 0 Å². The van der Waals surface area contributed by atoms with E-state index in [4.69, 9.17) is 4.42 Å². The van der Waals surface area contributed by atoms with Gasteiger partial charge in [-0.1, -0.05) is 12.1 Å². The summed E-state index contributed by atoms with van der Waals surface area (Å²) in [5, 5.41) is 0. The zero-order valence-electron chi connectivity index (χ0n) is 14.4. The summed E-state index contributed by atoms with van der Waals surface area (Å²) in [5.74, 6) is 1.46. The third kappa shape index (κ3) is 4.11. The van der Waals surface area contributed by atoms with Gasteiger partial charge in [-0.25, -0.2) is 12.7 Å². The van der Waals surface area contributed by atoms with Gasteiger partial charge in [0.2, 0.25) is 10.0 Å². The largest absolute Gasteiger partial charge is 0.461 e. The number of hydrogen-bond acceptors (Lipinski definition) is 4. The van der Waals surface area contributed by atoms with Crippen LogP contribution in [0.15, 0.2) is 40.8 Å². The Hall–Kier alpha value is -2.12. The highest BCUT2D eigenvalue weighted by Gasteiger charge is 2.24.